The first-order valence-corrected chi connectivity index (χ1v) is 7.83. The summed E-state index contributed by atoms with van der Waals surface area (Å²) in [5.41, 5.74) is 1.88. The molecule has 2 atom stereocenters. The van der Waals surface area contributed by atoms with Crippen molar-refractivity contribution < 1.29 is 10.2 Å². The Morgan fingerprint density at radius 1 is 1.10 bits per heavy atom. The van der Waals surface area contributed by atoms with Crippen LogP contribution in [0.1, 0.15) is 43.2 Å². The Labute approximate surface area is 121 Å². The van der Waals surface area contributed by atoms with Crippen molar-refractivity contribution in [3.8, 4) is 0 Å². The maximum absolute atomic E-state index is 10.7. The van der Waals surface area contributed by atoms with Crippen molar-refractivity contribution in [2.24, 2.45) is 5.92 Å². The number of hydrogen-bond acceptors (Lipinski definition) is 3. The van der Waals surface area contributed by atoms with Crippen molar-refractivity contribution >= 4 is 0 Å². The minimum absolute atomic E-state index is 0.110. The molecule has 0 spiro atoms. The summed E-state index contributed by atoms with van der Waals surface area (Å²) in [6, 6.07) is 8.20. The van der Waals surface area contributed by atoms with Gasteiger partial charge in [-0.15, -0.1) is 0 Å². The third kappa shape index (κ3) is 2.90. The fourth-order valence-electron chi connectivity index (χ4n) is 3.79. The first kappa shape index (κ1) is 14.1. The molecule has 1 aliphatic heterocycles. The van der Waals surface area contributed by atoms with Crippen LogP contribution in [0.5, 0.6) is 0 Å². The molecule has 0 bridgehead atoms. The second kappa shape index (κ2) is 5.84. The first-order valence-electron chi connectivity index (χ1n) is 7.83. The van der Waals surface area contributed by atoms with Crippen LogP contribution in [0.2, 0.25) is 0 Å². The zero-order chi connectivity index (χ0) is 14.0. The molecule has 1 saturated heterocycles. The van der Waals surface area contributed by atoms with Crippen LogP contribution < -0.4 is 0 Å². The van der Waals surface area contributed by atoms with Crippen LogP contribution >= 0.6 is 0 Å². The second-order valence-electron chi connectivity index (χ2n) is 6.51. The lowest BCUT2D eigenvalue weighted by molar-refractivity contribution is -0.0967. The lowest BCUT2D eigenvalue weighted by Gasteiger charge is -2.47. The van der Waals surface area contributed by atoms with Crippen molar-refractivity contribution in [2.75, 3.05) is 13.1 Å². The number of benzene rings is 1. The molecule has 1 heterocycles. The molecule has 3 nitrogen and oxygen atoms in total. The predicted molar refractivity (Wildman–Crippen MR) is 79.2 cm³/mol. The van der Waals surface area contributed by atoms with Gasteiger partial charge in [0.25, 0.3) is 0 Å². The van der Waals surface area contributed by atoms with Crippen molar-refractivity contribution in [3.63, 3.8) is 0 Å². The van der Waals surface area contributed by atoms with Gasteiger partial charge in [0.2, 0.25) is 0 Å². The zero-order valence-electron chi connectivity index (χ0n) is 12.1. The van der Waals surface area contributed by atoms with E-state index in [2.05, 4.69) is 17.0 Å². The largest absolute Gasteiger partial charge is 0.392 e. The van der Waals surface area contributed by atoms with Gasteiger partial charge in [-0.05, 0) is 30.4 Å². The number of aliphatic hydroxyl groups is 2. The minimum atomic E-state index is -0.379. The molecule has 2 N–H and O–H groups in total. The van der Waals surface area contributed by atoms with E-state index in [1.54, 1.807) is 0 Å². The van der Waals surface area contributed by atoms with E-state index in [1.807, 2.05) is 12.1 Å². The van der Waals surface area contributed by atoms with Crippen LogP contribution in [0.25, 0.3) is 0 Å². The highest BCUT2D eigenvalue weighted by Crippen LogP contribution is 2.39. The minimum Gasteiger partial charge on any atom is -0.392 e. The van der Waals surface area contributed by atoms with Gasteiger partial charge in [-0.1, -0.05) is 37.1 Å². The van der Waals surface area contributed by atoms with E-state index < -0.39 is 0 Å². The normalized spacial score (nSPS) is 31.0. The van der Waals surface area contributed by atoms with Gasteiger partial charge in [-0.2, -0.15) is 0 Å². The van der Waals surface area contributed by atoms with Gasteiger partial charge in [0.15, 0.2) is 0 Å². The Morgan fingerprint density at radius 2 is 1.85 bits per heavy atom. The molecule has 110 valence electrons. The topological polar surface area (TPSA) is 43.7 Å². The number of rotatable bonds is 3. The number of likely N-dealkylation sites (tertiary alicyclic amines) is 1. The molecule has 0 radical (unpaired) electrons. The average Bonchev–Trinajstić information content (AvgIpc) is 2.48. The summed E-state index contributed by atoms with van der Waals surface area (Å²) < 4.78 is 0. The maximum atomic E-state index is 10.7. The van der Waals surface area contributed by atoms with Gasteiger partial charge in [-0.25, -0.2) is 0 Å². The standard InChI is InChI=1S/C17H25NO2/c19-13-15-6-4-14(5-7-15)11-18-10-9-17(20)8-2-1-3-16(17)12-18/h4-7,16,19-20H,1-3,8-13H2. The van der Waals surface area contributed by atoms with E-state index in [9.17, 15) is 5.11 Å². The molecule has 2 unspecified atom stereocenters. The molecule has 0 aromatic heterocycles. The van der Waals surface area contributed by atoms with Crippen LogP contribution in [0.4, 0.5) is 0 Å². The van der Waals surface area contributed by atoms with E-state index in [0.29, 0.717) is 5.92 Å². The Balaban J connectivity index is 1.61. The van der Waals surface area contributed by atoms with Gasteiger partial charge in [0.1, 0.15) is 0 Å². The fraction of sp³-hybridized carbons (Fsp3) is 0.647. The molecule has 1 saturated carbocycles. The highest BCUT2D eigenvalue weighted by Gasteiger charge is 2.42. The van der Waals surface area contributed by atoms with Crippen molar-refractivity contribution in [2.45, 2.75) is 50.9 Å². The van der Waals surface area contributed by atoms with Gasteiger partial charge in [0.05, 0.1) is 12.2 Å². The summed E-state index contributed by atoms with van der Waals surface area (Å²) in [5.74, 6) is 0.460. The number of piperidine rings is 1. The van der Waals surface area contributed by atoms with Gasteiger partial charge in [0, 0.05) is 25.6 Å². The smallest absolute Gasteiger partial charge is 0.0700 e. The number of fused-ring (bicyclic) bond motifs is 1. The van der Waals surface area contributed by atoms with Gasteiger partial charge in [-0.3, -0.25) is 4.90 Å². The highest BCUT2D eigenvalue weighted by molar-refractivity contribution is 5.22. The Kier molecular flexibility index (Phi) is 4.11. The maximum Gasteiger partial charge on any atom is 0.0700 e. The molecular formula is C17H25NO2. The Bertz CT molecular complexity index is 445. The van der Waals surface area contributed by atoms with E-state index >= 15 is 0 Å². The number of nitrogens with zero attached hydrogens (tertiary/aromatic N) is 1. The van der Waals surface area contributed by atoms with Crippen LogP contribution in [0.3, 0.4) is 0 Å². The van der Waals surface area contributed by atoms with E-state index in [4.69, 9.17) is 5.11 Å². The molecule has 3 rings (SSSR count). The molecule has 2 fully saturated rings. The number of hydrogen-bond donors (Lipinski definition) is 2. The third-order valence-electron chi connectivity index (χ3n) is 5.12. The summed E-state index contributed by atoms with van der Waals surface area (Å²) in [7, 11) is 0. The summed E-state index contributed by atoms with van der Waals surface area (Å²) in [6.07, 6.45) is 5.56. The van der Waals surface area contributed by atoms with Crippen molar-refractivity contribution in [3.05, 3.63) is 35.4 Å². The molecule has 1 aromatic rings. The lowest BCUT2D eigenvalue weighted by atomic mass is 9.71. The first-order chi connectivity index (χ1) is 9.69. The SMILES string of the molecule is OCc1ccc(CN2CCC3(O)CCCCC3C2)cc1. The molecule has 1 aromatic carbocycles. The monoisotopic (exact) mass is 275 g/mol. The van der Waals surface area contributed by atoms with E-state index in [0.717, 1.165) is 38.0 Å². The third-order valence-corrected chi connectivity index (χ3v) is 5.12. The highest BCUT2D eigenvalue weighted by atomic mass is 16.3. The van der Waals surface area contributed by atoms with Crippen molar-refractivity contribution in [1.82, 2.24) is 4.90 Å². The van der Waals surface area contributed by atoms with Gasteiger partial charge < -0.3 is 10.2 Å². The summed E-state index contributed by atoms with van der Waals surface area (Å²) in [4.78, 5) is 2.47. The molecule has 2 aliphatic rings. The Morgan fingerprint density at radius 3 is 2.60 bits per heavy atom. The second-order valence-corrected chi connectivity index (χ2v) is 6.51. The molecule has 0 amide bonds. The zero-order valence-corrected chi connectivity index (χ0v) is 12.1. The summed E-state index contributed by atoms with van der Waals surface area (Å²) >= 11 is 0. The van der Waals surface area contributed by atoms with Crippen LogP contribution in [0.15, 0.2) is 24.3 Å². The lowest BCUT2D eigenvalue weighted by Crippen LogP contribution is -2.52. The van der Waals surface area contributed by atoms with Crippen molar-refractivity contribution in [1.29, 1.82) is 0 Å². The molecule has 3 heteroatoms. The summed E-state index contributed by atoms with van der Waals surface area (Å²) in [5, 5.41) is 19.8. The van der Waals surface area contributed by atoms with Crippen LogP contribution in [-0.2, 0) is 13.2 Å². The quantitative estimate of drug-likeness (QED) is 0.889. The predicted octanol–water partition coefficient (Wildman–Crippen LogP) is 2.31. The number of aliphatic hydroxyl groups excluding tert-OH is 1. The van der Waals surface area contributed by atoms with E-state index in [-0.39, 0.29) is 12.2 Å². The van der Waals surface area contributed by atoms with Crippen LogP contribution in [0, 0.1) is 5.92 Å². The summed E-state index contributed by atoms with van der Waals surface area (Å²) in [6.45, 7) is 3.09. The fourth-order valence-corrected chi connectivity index (χ4v) is 3.79. The van der Waals surface area contributed by atoms with Crippen LogP contribution in [-0.4, -0.2) is 33.8 Å². The molecular weight excluding hydrogens is 250 g/mol. The average molecular weight is 275 g/mol. The van der Waals surface area contributed by atoms with Gasteiger partial charge >= 0.3 is 0 Å². The molecule has 20 heavy (non-hydrogen) atoms. The molecule has 1 aliphatic carbocycles. The Hall–Kier alpha value is -0.900. The van der Waals surface area contributed by atoms with E-state index in [1.165, 1.54) is 24.8 Å².